The number of ether oxygens (including phenoxy) is 1. The lowest BCUT2D eigenvalue weighted by atomic mass is 10.1. The number of aromatic nitrogens is 2. The minimum absolute atomic E-state index is 0.0729. The lowest BCUT2D eigenvalue weighted by Gasteiger charge is -2.06. The van der Waals surface area contributed by atoms with Crippen LogP contribution < -0.4 is 0 Å². The van der Waals surface area contributed by atoms with Gasteiger partial charge in [0, 0.05) is 29.1 Å². The third-order valence-electron chi connectivity index (χ3n) is 4.53. The van der Waals surface area contributed by atoms with E-state index in [2.05, 4.69) is 11.6 Å². The molecule has 3 aromatic rings. The first-order valence-electron chi connectivity index (χ1n) is 8.93. The fraction of sp³-hybridized carbons (Fsp3) is 0.227. The molecule has 0 spiro atoms. The van der Waals surface area contributed by atoms with Crippen LogP contribution in [0.15, 0.2) is 53.5 Å². The van der Waals surface area contributed by atoms with Crippen molar-refractivity contribution in [2.75, 3.05) is 6.61 Å². The van der Waals surface area contributed by atoms with Crippen molar-refractivity contribution in [1.82, 2.24) is 9.55 Å². The second-order valence-corrected chi connectivity index (χ2v) is 6.47. The molecule has 0 amide bonds. The normalized spacial score (nSPS) is 10.7. The van der Waals surface area contributed by atoms with Gasteiger partial charge in [-0.15, -0.1) is 6.58 Å². The average molecular weight is 378 g/mol. The van der Waals surface area contributed by atoms with Crippen molar-refractivity contribution in [2.45, 2.75) is 27.3 Å². The highest BCUT2D eigenvalue weighted by atomic mass is 16.5. The highest BCUT2D eigenvalue weighted by Crippen LogP contribution is 2.22. The number of ketones is 1. The second kappa shape index (κ2) is 8.08. The molecule has 3 rings (SSSR count). The van der Waals surface area contributed by atoms with E-state index in [0.29, 0.717) is 23.8 Å². The van der Waals surface area contributed by atoms with Crippen LogP contribution in [0.2, 0.25) is 0 Å². The quantitative estimate of drug-likeness (QED) is 0.348. The van der Waals surface area contributed by atoms with Gasteiger partial charge in [-0.1, -0.05) is 24.3 Å². The zero-order valence-corrected chi connectivity index (χ0v) is 16.2. The Morgan fingerprint density at radius 3 is 2.61 bits per heavy atom. The van der Waals surface area contributed by atoms with E-state index in [1.54, 1.807) is 19.1 Å². The Kier molecular flexibility index (Phi) is 5.59. The summed E-state index contributed by atoms with van der Waals surface area (Å²) in [6, 6.07) is 11.1. The number of esters is 1. The van der Waals surface area contributed by atoms with Gasteiger partial charge < -0.3 is 13.7 Å². The Morgan fingerprint density at radius 1 is 1.21 bits per heavy atom. The molecule has 0 aliphatic rings. The molecule has 2 heterocycles. The summed E-state index contributed by atoms with van der Waals surface area (Å²) in [4.78, 5) is 29.1. The van der Waals surface area contributed by atoms with E-state index in [0.717, 1.165) is 17.0 Å². The van der Waals surface area contributed by atoms with Gasteiger partial charge >= 0.3 is 5.97 Å². The first-order chi connectivity index (χ1) is 13.4. The highest BCUT2D eigenvalue weighted by Gasteiger charge is 2.22. The predicted octanol–water partition coefficient (Wildman–Crippen LogP) is 4.29. The third-order valence-corrected chi connectivity index (χ3v) is 4.53. The highest BCUT2D eigenvalue weighted by molar-refractivity contribution is 6.00. The van der Waals surface area contributed by atoms with Crippen molar-refractivity contribution in [3.63, 3.8) is 0 Å². The van der Waals surface area contributed by atoms with Crippen LogP contribution in [0.3, 0.4) is 0 Å². The minimum atomic E-state index is -0.684. The zero-order chi connectivity index (χ0) is 20.3. The van der Waals surface area contributed by atoms with Crippen molar-refractivity contribution in [3.8, 4) is 11.5 Å². The molecule has 0 unspecified atom stereocenters. The first kappa shape index (κ1) is 19.4. The number of hydrogen-bond donors (Lipinski definition) is 0. The maximum absolute atomic E-state index is 12.5. The Bertz CT molecular complexity index is 1030. The number of Topliss-reactive ketones (excluding diaryl/α,β-unsaturated/α-hetero) is 1. The number of rotatable bonds is 7. The molecule has 0 aliphatic heterocycles. The largest absolute Gasteiger partial charge is 0.452 e. The van der Waals surface area contributed by atoms with Crippen LogP contribution in [0.1, 0.15) is 38.0 Å². The number of aryl methyl sites for hydroxylation is 2. The van der Waals surface area contributed by atoms with E-state index in [4.69, 9.17) is 9.15 Å². The van der Waals surface area contributed by atoms with Crippen LogP contribution in [0.5, 0.6) is 0 Å². The van der Waals surface area contributed by atoms with E-state index < -0.39 is 5.97 Å². The minimum Gasteiger partial charge on any atom is -0.452 e. The topological polar surface area (TPSA) is 74.3 Å². The SMILES string of the molecule is C=CCn1c(C)cc(C(=O)COC(=O)c2nc(-c3ccccc3)oc2C)c1C. The van der Waals surface area contributed by atoms with E-state index in [1.165, 1.54) is 0 Å². The van der Waals surface area contributed by atoms with Gasteiger partial charge in [0.25, 0.3) is 0 Å². The number of carbonyl (C=O) groups is 2. The van der Waals surface area contributed by atoms with Gasteiger partial charge in [-0.3, -0.25) is 4.79 Å². The van der Waals surface area contributed by atoms with E-state index in [9.17, 15) is 9.59 Å². The van der Waals surface area contributed by atoms with Crippen molar-refractivity contribution >= 4 is 11.8 Å². The maximum atomic E-state index is 12.5. The van der Waals surface area contributed by atoms with Gasteiger partial charge in [-0.25, -0.2) is 9.78 Å². The first-order valence-corrected chi connectivity index (χ1v) is 8.93. The Balaban J connectivity index is 1.71. The summed E-state index contributed by atoms with van der Waals surface area (Å²) < 4.78 is 12.7. The maximum Gasteiger partial charge on any atom is 0.361 e. The molecule has 0 aliphatic carbocycles. The fourth-order valence-corrected chi connectivity index (χ4v) is 3.06. The third kappa shape index (κ3) is 3.81. The van der Waals surface area contributed by atoms with Crippen LogP contribution in [-0.4, -0.2) is 27.9 Å². The molecular weight excluding hydrogens is 356 g/mol. The van der Waals surface area contributed by atoms with Gasteiger partial charge in [-0.2, -0.15) is 0 Å². The van der Waals surface area contributed by atoms with Gasteiger partial charge in [0.05, 0.1) is 0 Å². The Hall–Kier alpha value is -3.41. The lowest BCUT2D eigenvalue weighted by Crippen LogP contribution is -2.16. The average Bonchev–Trinajstić information content (AvgIpc) is 3.22. The van der Waals surface area contributed by atoms with Gasteiger partial charge in [-0.05, 0) is 39.0 Å². The van der Waals surface area contributed by atoms with Gasteiger partial charge in [0.2, 0.25) is 11.7 Å². The van der Waals surface area contributed by atoms with Crippen LogP contribution in [0.25, 0.3) is 11.5 Å². The number of oxazole rings is 1. The molecule has 0 radical (unpaired) electrons. The van der Waals surface area contributed by atoms with Crippen molar-refractivity contribution in [2.24, 2.45) is 0 Å². The van der Waals surface area contributed by atoms with Crippen LogP contribution in [0.4, 0.5) is 0 Å². The van der Waals surface area contributed by atoms with Crippen LogP contribution >= 0.6 is 0 Å². The smallest absolute Gasteiger partial charge is 0.361 e. The molecule has 6 nitrogen and oxygen atoms in total. The summed E-state index contributed by atoms with van der Waals surface area (Å²) in [5, 5.41) is 0. The monoisotopic (exact) mass is 378 g/mol. The zero-order valence-electron chi connectivity index (χ0n) is 16.2. The van der Waals surface area contributed by atoms with E-state index in [1.807, 2.05) is 48.7 Å². The Labute approximate surface area is 163 Å². The molecule has 0 atom stereocenters. The number of benzene rings is 1. The van der Waals surface area contributed by atoms with Crippen molar-refractivity contribution in [1.29, 1.82) is 0 Å². The molecular formula is C22H22N2O4. The second-order valence-electron chi connectivity index (χ2n) is 6.47. The van der Waals surface area contributed by atoms with Crippen LogP contribution in [-0.2, 0) is 11.3 Å². The summed E-state index contributed by atoms with van der Waals surface area (Å²) in [6.45, 7) is 9.41. The standard InChI is InChI=1S/C22H22N2O4/c1-5-11-24-14(2)12-18(15(24)3)19(25)13-27-22(26)20-16(4)28-21(23-20)17-9-7-6-8-10-17/h5-10,12H,1,11,13H2,2-4H3. The van der Waals surface area contributed by atoms with E-state index >= 15 is 0 Å². The lowest BCUT2D eigenvalue weighted by molar-refractivity contribution is 0.0467. The van der Waals surface area contributed by atoms with Crippen LogP contribution in [0, 0.1) is 20.8 Å². The summed E-state index contributed by atoms with van der Waals surface area (Å²) in [7, 11) is 0. The molecule has 0 fully saturated rings. The Morgan fingerprint density at radius 2 is 1.93 bits per heavy atom. The van der Waals surface area contributed by atoms with Crippen molar-refractivity contribution in [3.05, 3.63) is 77.5 Å². The fourth-order valence-electron chi connectivity index (χ4n) is 3.06. The summed E-state index contributed by atoms with van der Waals surface area (Å²) in [5.74, 6) is -0.261. The molecule has 0 bridgehead atoms. The predicted molar refractivity (Wildman–Crippen MR) is 105 cm³/mol. The molecule has 144 valence electrons. The summed E-state index contributed by atoms with van der Waals surface area (Å²) in [5.41, 5.74) is 3.14. The molecule has 0 saturated heterocycles. The molecule has 0 N–H and O–H groups in total. The van der Waals surface area contributed by atoms with E-state index in [-0.39, 0.29) is 18.1 Å². The number of hydrogen-bond acceptors (Lipinski definition) is 5. The number of nitrogens with zero attached hydrogens (tertiary/aromatic N) is 2. The van der Waals surface area contributed by atoms with Crippen molar-refractivity contribution < 1.29 is 18.7 Å². The molecule has 28 heavy (non-hydrogen) atoms. The summed E-state index contributed by atoms with van der Waals surface area (Å²) in [6.07, 6.45) is 1.77. The molecule has 0 saturated carbocycles. The molecule has 2 aromatic heterocycles. The van der Waals surface area contributed by atoms with Gasteiger partial charge in [0.1, 0.15) is 5.76 Å². The summed E-state index contributed by atoms with van der Waals surface area (Å²) >= 11 is 0. The molecule has 1 aromatic carbocycles. The molecule has 6 heteroatoms. The van der Waals surface area contributed by atoms with Gasteiger partial charge in [0.15, 0.2) is 12.3 Å². The number of allylic oxidation sites excluding steroid dienone is 1. The number of carbonyl (C=O) groups excluding carboxylic acids is 2.